The van der Waals surface area contributed by atoms with Gasteiger partial charge in [0.05, 0.1) is 5.03 Å². The first-order valence-corrected chi connectivity index (χ1v) is 5.76. The number of alkyl carbamates (subject to hydrolysis) is 1. The first kappa shape index (κ1) is 14.2. The second-order valence-electron chi connectivity index (χ2n) is 4.32. The summed E-state index contributed by atoms with van der Waals surface area (Å²) in [5, 5.41) is 3.26. The van der Waals surface area contributed by atoms with Crippen molar-refractivity contribution in [1.29, 1.82) is 0 Å². The molecule has 15 heavy (non-hydrogen) atoms. The van der Waals surface area contributed by atoms with Gasteiger partial charge in [-0.2, -0.15) is 0 Å². The van der Waals surface area contributed by atoms with Crippen LogP contribution in [0.15, 0.2) is 11.6 Å². The average Bonchev–Trinajstić information content (AvgIpc) is 1.96. The van der Waals surface area contributed by atoms with Crippen molar-refractivity contribution >= 4 is 17.9 Å². The predicted octanol–water partition coefficient (Wildman–Crippen LogP) is 2.06. The van der Waals surface area contributed by atoms with Crippen molar-refractivity contribution in [2.24, 2.45) is 5.73 Å². The van der Waals surface area contributed by atoms with Gasteiger partial charge in [-0.3, -0.25) is 0 Å². The van der Waals surface area contributed by atoms with Crippen LogP contribution in [0.1, 0.15) is 27.7 Å². The Hall–Kier alpha value is -0.840. The van der Waals surface area contributed by atoms with E-state index in [2.05, 4.69) is 11.9 Å². The first-order chi connectivity index (χ1) is 6.70. The smallest absolute Gasteiger partial charge is 0.407 e. The Labute approximate surface area is 95.6 Å². The molecule has 0 saturated carbocycles. The second-order valence-corrected chi connectivity index (χ2v) is 5.47. The van der Waals surface area contributed by atoms with Crippen LogP contribution in [0.2, 0.25) is 0 Å². The van der Waals surface area contributed by atoms with Crippen molar-refractivity contribution < 1.29 is 9.53 Å². The SMILES string of the molecule is C=C(N)SCC(C)NC(=O)OC(C)(C)C. The zero-order chi connectivity index (χ0) is 12.1. The van der Waals surface area contributed by atoms with Gasteiger partial charge in [0.2, 0.25) is 0 Å². The molecular weight excluding hydrogens is 212 g/mol. The molecule has 0 fully saturated rings. The molecule has 5 heteroatoms. The van der Waals surface area contributed by atoms with E-state index in [1.54, 1.807) is 0 Å². The molecule has 0 spiro atoms. The van der Waals surface area contributed by atoms with Crippen LogP contribution < -0.4 is 11.1 Å². The van der Waals surface area contributed by atoms with E-state index in [-0.39, 0.29) is 6.04 Å². The highest BCUT2D eigenvalue weighted by atomic mass is 32.2. The predicted molar refractivity (Wildman–Crippen MR) is 64.6 cm³/mol. The van der Waals surface area contributed by atoms with E-state index in [1.807, 2.05) is 27.7 Å². The van der Waals surface area contributed by atoms with E-state index in [0.29, 0.717) is 10.8 Å². The maximum atomic E-state index is 11.3. The van der Waals surface area contributed by atoms with Crippen molar-refractivity contribution in [2.45, 2.75) is 39.3 Å². The fourth-order valence-electron chi connectivity index (χ4n) is 0.782. The number of amides is 1. The zero-order valence-electron chi connectivity index (χ0n) is 9.79. The lowest BCUT2D eigenvalue weighted by molar-refractivity contribution is 0.0513. The monoisotopic (exact) mass is 232 g/mol. The lowest BCUT2D eigenvalue weighted by Crippen LogP contribution is -2.38. The first-order valence-electron chi connectivity index (χ1n) is 4.77. The molecule has 0 radical (unpaired) electrons. The van der Waals surface area contributed by atoms with Crippen molar-refractivity contribution in [3.8, 4) is 0 Å². The van der Waals surface area contributed by atoms with E-state index in [9.17, 15) is 4.79 Å². The van der Waals surface area contributed by atoms with Crippen molar-refractivity contribution in [3.05, 3.63) is 11.6 Å². The van der Waals surface area contributed by atoms with Crippen molar-refractivity contribution in [2.75, 3.05) is 5.75 Å². The number of nitrogens with one attached hydrogen (secondary N) is 1. The molecule has 0 saturated heterocycles. The number of carbonyl (C=O) groups is 1. The molecule has 0 aliphatic rings. The quantitative estimate of drug-likeness (QED) is 0.778. The number of carbonyl (C=O) groups excluding carboxylic acids is 1. The minimum absolute atomic E-state index is 0.00477. The lowest BCUT2D eigenvalue weighted by Gasteiger charge is -2.21. The summed E-state index contributed by atoms with van der Waals surface area (Å²) in [6, 6.07) is 0.00477. The van der Waals surface area contributed by atoms with E-state index < -0.39 is 11.7 Å². The summed E-state index contributed by atoms with van der Waals surface area (Å²) in [6.45, 7) is 10.9. The largest absolute Gasteiger partial charge is 0.444 e. The lowest BCUT2D eigenvalue weighted by atomic mass is 10.2. The normalized spacial score (nSPS) is 13.1. The van der Waals surface area contributed by atoms with Crippen LogP contribution in [-0.2, 0) is 4.74 Å². The highest BCUT2D eigenvalue weighted by molar-refractivity contribution is 8.03. The van der Waals surface area contributed by atoms with E-state index in [1.165, 1.54) is 11.8 Å². The van der Waals surface area contributed by atoms with Crippen LogP contribution in [0.25, 0.3) is 0 Å². The van der Waals surface area contributed by atoms with Gasteiger partial charge in [0.15, 0.2) is 0 Å². The molecule has 0 aromatic carbocycles. The molecule has 3 N–H and O–H groups in total. The third-order valence-corrected chi connectivity index (χ3v) is 2.32. The Bertz CT molecular complexity index is 236. The van der Waals surface area contributed by atoms with Crippen LogP contribution in [0.5, 0.6) is 0 Å². The highest BCUT2D eigenvalue weighted by Crippen LogP contribution is 2.10. The Morgan fingerprint density at radius 2 is 2.13 bits per heavy atom. The van der Waals surface area contributed by atoms with Gasteiger partial charge in [-0.05, 0) is 27.7 Å². The molecule has 88 valence electrons. The molecule has 0 aliphatic carbocycles. The van der Waals surface area contributed by atoms with Crippen LogP contribution in [-0.4, -0.2) is 23.5 Å². The summed E-state index contributed by atoms with van der Waals surface area (Å²) in [4.78, 5) is 11.3. The fourth-order valence-corrected chi connectivity index (χ4v) is 1.33. The zero-order valence-corrected chi connectivity index (χ0v) is 10.6. The summed E-state index contributed by atoms with van der Waals surface area (Å²) >= 11 is 1.41. The maximum Gasteiger partial charge on any atom is 0.407 e. The standard InChI is InChI=1S/C10H20N2O2S/c1-7(6-15-8(2)11)12-9(13)14-10(3,4)5/h7H,2,6,11H2,1,3-5H3,(H,12,13). The van der Waals surface area contributed by atoms with Crippen molar-refractivity contribution in [1.82, 2.24) is 5.32 Å². The third-order valence-electron chi connectivity index (χ3n) is 1.28. The average molecular weight is 232 g/mol. The molecule has 0 rings (SSSR count). The Balaban J connectivity index is 3.81. The Morgan fingerprint density at radius 1 is 1.60 bits per heavy atom. The third kappa shape index (κ3) is 9.46. The minimum atomic E-state index is -0.464. The molecular formula is C10H20N2O2S. The summed E-state index contributed by atoms with van der Waals surface area (Å²) in [6.07, 6.45) is -0.404. The van der Waals surface area contributed by atoms with Crippen LogP contribution in [0, 0.1) is 0 Å². The molecule has 0 heterocycles. The summed E-state index contributed by atoms with van der Waals surface area (Å²) in [5.74, 6) is 0.689. The molecule has 0 bridgehead atoms. The van der Waals surface area contributed by atoms with Gasteiger partial charge in [-0.1, -0.05) is 6.58 Å². The topological polar surface area (TPSA) is 64.3 Å². The molecule has 1 amide bonds. The van der Waals surface area contributed by atoms with Gasteiger partial charge in [0.25, 0.3) is 0 Å². The van der Waals surface area contributed by atoms with Crippen molar-refractivity contribution in [3.63, 3.8) is 0 Å². The number of hydrogen-bond donors (Lipinski definition) is 2. The Kier molecular flexibility index (Phi) is 5.57. The van der Waals surface area contributed by atoms with Crippen LogP contribution in [0.4, 0.5) is 4.79 Å². The van der Waals surface area contributed by atoms with Gasteiger partial charge in [-0.15, -0.1) is 11.8 Å². The van der Waals surface area contributed by atoms with Gasteiger partial charge in [0.1, 0.15) is 5.60 Å². The number of rotatable bonds is 4. The number of ether oxygens (including phenoxy) is 1. The van der Waals surface area contributed by atoms with Gasteiger partial charge < -0.3 is 15.8 Å². The molecule has 4 nitrogen and oxygen atoms in total. The highest BCUT2D eigenvalue weighted by Gasteiger charge is 2.17. The number of hydrogen-bond acceptors (Lipinski definition) is 4. The van der Waals surface area contributed by atoms with E-state index in [4.69, 9.17) is 10.5 Å². The molecule has 0 aliphatic heterocycles. The number of thioether (sulfide) groups is 1. The van der Waals surface area contributed by atoms with Gasteiger partial charge >= 0.3 is 6.09 Å². The summed E-state index contributed by atoms with van der Waals surface area (Å²) < 4.78 is 5.10. The maximum absolute atomic E-state index is 11.3. The van der Waals surface area contributed by atoms with E-state index in [0.717, 1.165) is 0 Å². The van der Waals surface area contributed by atoms with Crippen LogP contribution >= 0.6 is 11.8 Å². The number of nitrogens with two attached hydrogens (primary N) is 1. The molecule has 0 aromatic rings. The molecule has 0 aromatic heterocycles. The summed E-state index contributed by atoms with van der Waals surface area (Å²) in [5.41, 5.74) is 4.93. The second kappa shape index (κ2) is 5.90. The Morgan fingerprint density at radius 3 is 2.53 bits per heavy atom. The fraction of sp³-hybridized carbons (Fsp3) is 0.700. The van der Waals surface area contributed by atoms with Gasteiger partial charge in [-0.25, -0.2) is 4.79 Å². The summed E-state index contributed by atoms with van der Waals surface area (Å²) in [7, 11) is 0. The minimum Gasteiger partial charge on any atom is -0.444 e. The van der Waals surface area contributed by atoms with E-state index >= 15 is 0 Å². The molecule has 1 atom stereocenters. The molecule has 1 unspecified atom stereocenters. The van der Waals surface area contributed by atoms with Gasteiger partial charge in [0, 0.05) is 11.8 Å². The van der Waals surface area contributed by atoms with Crippen LogP contribution in [0.3, 0.4) is 0 Å².